The summed E-state index contributed by atoms with van der Waals surface area (Å²) >= 11 is 0. The molecule has 2 unspecified atom stereocenters. The molecule has 2 heterocycles. The van der Waals surface area contributed by atoms with Gasteiger partial charge in [0.2, 0.25) is 5.91 Å². The van der Waals surface area contributed by atoms with Crippen molar-refractivity contribution >= 4 is 5.91 Å². The van der Waals surface area contributed by atoms with E-state index in [1.807, 2.05) is 4.90 Å². The Kier molecular flexibility index (Phi) is 5.60. The van der Waals surface area contributed by atoms with Gasteiger partial charge in [-0.25, -0.2) is 0 Å². The van der Waals surface area contributed by atoms with E-state index in [9.17, 15) is 4.79 Å². The Bertz CT molecular complexity index is 292. The van der Waals surface area contributed by atoms with Crippen LogP contribution in [0.2, 0.25) is 0 Å². The Hall–Kier alpha value is -0.650. The molecule has 2 N–H and O–H groups in total. The molecular formula is C14H27N3O2. The number of hydrogen-bond donors (Lipinski definition) is 1. The third-order valence-corrected chi connectivity index (χ3v) is 4.28. The lowest BCUT2D eigenvalue weighted by atomic mass is 9.95. The van der Waals surface area contributed by atoms with E-state index in [-0.39, 0.29) is 5.91 Å². The molecule has 5 nitrogen and oxygen atoms in total. The molecule has 0 saturated carbocycles. The van der Waals surface area contributed by atoms with Crippen LogP contribution in [0.15, 0.2) is 0 Å². The van der Waals surface area contributed by atoms with Gasteiger partial charge in [0.25, 0.3) is 0 Å². The highest BCUT2D eigenvalue weighted by atomic mass is 16.5. The molecule has 0 aromatic rings. The van der Waals surface area contributed by atoms with E-state index in [0.29, 0.717) is 31.6 Å². The quantitative estimate of drug-likeness (QED) is 0.797. The molecule has 2 saturated heterocycles. The van der Waals surface area contributed by atoms with Crippen molar-refractivity contribution in [3.8, 4) is 0 Å². The minimum atomic E-state index is 0.282. The number of nitrogens with two attached hydrogens (primary N) is 1. The number of ether oxygens (including phenoxy) is 1. The topological polar surface area (TPSA) is 58.8 Å². The van der Waals surface area contributed by atoms with Crippen molar-refractivity contribution in [2.75, 3.05) is 45.9 Å². The molecule has 110 valence electrons. The summed E-state index contributed by atoms with van der Waals surface area (Å²) in [5.41, 5.74) is 6.02. The van der Waals surface area contributed by atoms with Crippen molar-refractivity contribution in [3.63, 3.8) is 0 Å². The number of likely N-dealkylation sites (tertiary alicyclic amines) is 1. The SMILES string of the molecule is CC1CN(CCCC(=O)N2CCOCC2)CCC1N. The van der Waals surface area contributed by atoms with Gasteiger partial charge < -0.3 is 20.3 Å². The van der Waals surface area contributed by atoms with Crippen molar-refractivity contribution < 1.29 is 9.53 Å². The fourth-order valence-corrected chi connectivity index (χ4v) is 2.88. The maximum Gasteiger partial charge on any atom is 0.222 e. The molecule has 0 spiro atoms. The van der Waals surface area contributed by atoms with Gasteiger partial charge in [-0.05, 0) is 31.8 Å². The minimum Gasteiger partial charge on any atom is -0.378 e. The van der Waals surface area contributed by atoms with Crippen LogP contribution in [0.5, 0.6) is 0 Å². The van der Waals surface area contributed by atoms with E-state index in [0.717, 1.165) is 45.6 Å². The zero-order valence-electron chi connectivity index (χ0n) is 12.0. The number of morpholine rings is 1. The summed E-state index contributed by atoms with van der Waals surface area (Å²) in [6, 6.07) is 0.353. The predicted molar refractivity (Wildman–Crippen MR) is 74.8 cm³/mol. The van der Waals surface area contributed by atoms with Gasteiger partial charge in [0.05, 0.1) is 13.2 Å². The zero-order chi connectivity index (χ0) is 13.7. The van der Waals surface area contributed by atoms with Crippen LogP contribution in [0.25, 0.3) is 0 Å². The van der Waals surface area contributed by atoms with Gasteiger partial charge in [-0.1, -0.05) is 6.92 Å². The van der Waals surface area contributed by atoms with Gasteiger partial charge in [-0.3, -0.25) is 4.79 Å². The molecule has 0 bridgehead atoms. The van der Waals surface area contributed by atoms with Crippen LogP contribution in [0.3, 0.4) is 0 Å². The maximum absolute atomic E-state index is 12.0. The smallest absolute Gasteiger partial charge is 0.222 e. The van der Waals surface area contributed by atoms with Crippen LogP contribution in [0.1, 0.15) is 26.2 Å². The number of amides is 1. The lowest BCUT2D eigenvalue weighted by Gasteiger charge is -2.35. The first-order valence-corrected chi connectivity index (χ1v) is 7.50. The summed E-state index contributed by atoms with van der Waals surface area (Å²) in [5.74, 6) is 0.855. The van der Waals surface area contributed by atoms with E-state index in [2.05, 4.69) is 11.8 Å². The van der Waals surface area contributed by atoms with E-state index in [4.69, 9.17) is 10.5 Å². The monoisotopic (exact) mass is 269 g/mol. The van der Waals surface area contributed by atoms with Crippen molar-refractivity contribution in [1.29, 1.82) is 0 Å². The van der Waals surface area contributed by atoms with Crippen LogP contribution < -0.4 is 5.73 Å². The highest BCUT2D eigenvalue weighted by Gasteiger charge is 2.23. The number of carbonyl (C=O) groups excluding carboxylic acids is 1. The molecule has 0 aromatic heterocycles. The third kappa shape index (κ3) is 4.44. The number of nitrogens with zero attached hydrogens (tertiary/aromatic N) is 2. The van der Waals surface area contributed by atoms with E-state index >= 15 is 0 Å². The Labute approximate surface area is 116 Å². The standard InChI is InChI=1S/C14H27N3O2/c1-12-11-16(6-4-13(12)15)5-2-3-14(18)17-7-9-19-10-8-17/h12-13H,2-11,15H2,1H3. The first-order chi connectivity index (χ1) is 9.16. The fraction of sp³-hybridized carbons (Fsp3) is 0.929. The summed E-state index contributed by atoms with van der Waals surface area (Å²) in [6.07, 6.45) is 2.70. The summed E-state index contributed by atoms with van der Waals surface area (Å²) < 4.78 is 5.26. The molecule has 1 amide bonds. The van der Waals surface area contributed by atoms with Crippen LogP contribution in [0, 0.1) is 5.92 Å². The van der Waals surface area contributed by atoms with Crippen LogP contribution in [0.4, 0.5) is 0 Å². The second kappa shape index (κ2) is 7.22. The average molecular weight is 269 g/mol. The van der Waals surface area contributed by atoms with Crippen molar-refractivity contribution in [1.82, 2.24) is 9.80 Å². The predicted octanol–water partition coefficient (Wildman–Crippen LogP) is 0.295. The van der Waals surface area contributed by atoms with Gasteiger partial charge in [0.1, 0.15) is 0 Å². The van der Waals surface area contributed by atoms with Gasteiger partial charge in [0, 0.05) is 32.1 Å². The molecule has 2 aliphatic heterocycles. The molecule has 2 rings (SSSR count). The number of rotatable bonds is 4. The van der Waals surface area contributed by atoms with Crippen LogP contribution in [-0.4, -0.2) is 67.7 Å². The number of carbonyl (C=O) groups is 1. The maximum atomic E-state index is 12.0. The summed E-state index contributed by atoms with van der Waals surface area (Å²) in [6.45, 7) is 8.29. The largest absolute Gasteiger partial charge is 0.378 e. The summed E-state index contributed by atoms with van der Waals surface area (Å²) in [4.78, 5) is 16.4. The minimum absolute atomic E-state index is 0.282. The highest BCUT2D eigenvalue weighted by molar-refractivity contribution is 5.76. The average Bonchev–Trinajstić information content (AvgIpc) is 2.43. The number of hydrogen-bond acceptors (Lipinski definition) is 4. The molecule has 5 heteroatoms. The van der Waals surface area contributed by atoms with Crippen molar-refractivity contribution in [2.24, 2.45) is 11.7 Å². The molecule has 0 aliphatic carbocycles. The van der Waals surface area contributed by atoms with Crippen molar-refractivity contribution in [3.05, 3.63) is 0 Å². The van der Waals surface area contributed by atoms with E-state index < -0.39 is 0 Å². The molecule has 19 heavy (non-hydrogen) atoms. The molecule has 0 aromatic carbocycles. The second-order valence-corrected chi connectivity index (χ2v) is 5.83. The highest BCUT2D eigenvalue weighted by Crippen LogP contribution is 2.15. The zero-order valence-corrected chi connectivity index (χ0v) is 12.0. The number of piperidine rings is 1. The Morgan fingerprint density at radius 2 is 2.05 bits per heavy atom. The molecular weight excluding hydrogens is 242 g/mol. The van der Waals surface area contributed by atoms with Crippen LogP contribution in [-0.2, 0) is 9.53 Å². The van der Waals surface area contributed by atoms with Gasteiger partial charge >= 0.3 is 0 Å². The van der Waals surface area contributed by atoms with Gasteiger partial charge in [-0.15, -0.1) is 0 Å². The Balaban J connectivity index is 1.62. The van der Waals surface area contributed by atoms with E-state index in [1.54, 1.807) is 0 Å². The second-order valence-electron chi connectivity index (χ2n) is 5.83. The Morgan fingerprint density at radius 1 is 1.32 bits per heavy atom. The first kappa shape index (κ1) is 14.8. The first-order valence-electron chi connectivity index (χ1n) is 7.50. The fourth-order valence-electron chi connectivity index (χ4n) is 2.88. The normalized spacial score (nSPS) is 29.5. The molecule has 2 atom stereocenters. The van der Waals surface area contributed by atoms with E-state index in [1.165, 1.54) is 0 Å². The third-order valence-electron chi connectivity index (χ3n) is 4.28. The Morgan fingerprint density at radius 3 is 2.74 bits per heavy atom. The molecule has 2 aliphatic rings. The molecule has 2 fully saturated rings. The van der Waals surface area contributed by atoms with Crippen molar-refractivity contribution in [2.45, 2.75) is 32.2 Å². The van der Waals surface area contributed by atoms with Gasteiger partial charge in [-0.2, -0.15) is 0 Å². The summed E-state index contributed by atoms with van der Waals surface area (Å²) in [5, 5.41) is 0. The molecule has 0 radical (unpaired) electrons. The lowest BCUT2D eigenvalue weighted by molar-refractivity contribution is -0.135. The summed E-state index contributed by atoms with van der Waals surface area (Å²) in [7, 11) is 0. The van der Waals surface area contributed by atoms with Crippen LogP contribution >= 0.6 is 0 Å². The van der Waals surface area contributed by atoms with Gasteiger partial charge in [0.15, 0.2) is 0 Å². The lowest BCUT2D eigenvalue weighted by Crippen LogP contribution is -2.46.